The standard InChI is InChI=1S/C18H27FN2/c1-2-11-21-12-8-18(9-13-21)7-10-20-14-17(18)15-3-5-16(19)6-4-15/h3-6,17,20H,2,7-14H2,1H3. The molecular formula is C18H27FN2. The van der Waals surface area contributed by atoms with Crippen LogP contribution in [0.1, 0.15) is 44.1 Å². The summed E-state index contributed by atoms with van der Waals surface area (Å²) in [7, 11) is 0. The van der Waals surface area contributed by atoms with Crippen LogP contribution in [-0.2, 0) is 0 Å². The van der Waals surface area contributed by atoms with Gasteiger partial charge in [-0.15, -0.1) is 0 Å². The van der Waals surface area contributed by atoms with Crippen molar-refractivity contribution in [2.24, 2.45) is 5.41 Å². The van der Waals surface area contributed by atoms with E-state index in [1.807, 2.05) is 12.1 Å². The predicted molar refractivity (Wildman–Crippen MR) is 85.0 cm³/mol. The topological polar surface area (TPSA) is 15.3 Å². The Balaban J connectivity index is 1.77. The minimum atomic E-state index is -0.130. The number of benzene rings is 1. The molecule has 1 spiro atoms. The Bertz CT molecular complexity index is 449. The van der Waals surface area contributed by atoms with E-state index in [4.69, 9.17) is 0 Å². The maximum Gasteiger partial charge on any atom is 0.123 e. The van der Waals surface area contributed by atoms with Gasteiger partial charge in [0.2, 0.25) is 0 Å². The molecule has 0 amide bonds. The van der Waals surface area contributed by atoms with Gasteiger partial charge in [-0.25, -0.2) is 4.39 Å². The molecule has 0 aromatic heterocycles. The zero-order valence-electron chi connectivity index (χ0n) is 13.1. The van der Waals surface area contributed by atoms with Crippen LogP contribution in [0, 0.1) is 11.2 Å². The molecule has 0 aliphatic carbocycles. The summed E-state index contributed by atoms with van der Waals surface area (Å²) in [6, 6.07) is 7.22. The molecule has 0 radical (unpaired) electrons. The predicted octanol–water partition coefficient (Wildman–Crippen LogP) is 3.39. The SMILES string of the molecule is CCCN1CCC2(CCNCC2c2ccc(F)cc2)CC1. The molecule has 1 aromatic carbocycles. The minimum absolute atomic E-state index is 0.130. The van der Waals surface area contributed by atoms with Crippen molar-refractivity contribution in [2.75, 3.05) is 32.7 Å². The Hall–Kier alpha value is -0.930. The van der Waals surface area contributed by atoms with Crippen molar-refractivity contribution in [3.63, 3.8) is 0 Å². The quantitative estimate of drug-likeness (QED) is 0.918. The van der Waals surface area contributed by atoms with E-state index < -0.39 is 0 Å². The molecule has 1 aromatic rings. The molecule has 3 rings (SSSR count). The monoisotopic (exact) mass is 290 g/mol. The van der Waals surface area contributed by atoms with Gasteiger partial charge in [-0.2, -0.15) is 0 Å². The Kier molecular flexibility index (Phi) is 4.60. The summed E-state index contributed by atoms with van der Waals surface area (Å²) in [5.41, 5.74) is 1.74. The Morgan fingerprint density at radius 1 is 1.19 bits per heavy atom. The number of rotatable bonds is 3. The lowest BCUT2D eigenvalue weighted by molar-refractivity contribution is 0.0539. The van der Waals surface area contributed by atoms with Crippen LogP contribution in [0.5, 0.6) is 0 Å². The first-order valence-electron chi connectivity index (χ1n) is 8.42. The fraction of sp³-hybridized carbons (Fsp3) is 0.667. The third kappa shape index (κ3) is 3.14. The highest BCUT2D eigenvalue weighted by atomic mass is 19.1. The van der Waals surface area contributed by atoms with Crippen LogP contribution in [0.15, 0.2) is 24.3 Å². The summed E-state index contributed by atoms with van der Waals surface area (Å²) in [4.78, 5) is 2.61. The molecule has 0 bridgehead atoms. The Labute approximate surface area is 127 Å². The van der Waals surface area contributed by atoms with Gasteiger partial charge in [0.05, 0.1) is 0 Å². The first kappa shape index (κ1) is 15.0. The normalized spacial score (nSPS) is 26.1. The van der Waals surface area contributed by atoms with Gasteiger partial charge < -0.3 is 10.2 Å². The molecule has 2 aliphatic rings. The number of hydrogen-bond acceptors (Lipinski definition) is 2. The second-order valence-corrected chi connectivity index (χ2v) is 6.76. The minimum Gasteiger partial charge on any atom is -0.316 e. The molecule has 2 aliphatic heterocycles. The van der Waals surface area contributed by atoms with Crippen LogP contribution in [0.3, 0.4) is 0 Å². The van der Waals surface area contributed by atoms with E-state index in [9.17, 15) is 4.39 Å². The number of likely N-dealkylation sites (tertiary alicyclic amines) is 1. The van der Waals surface area contributed by atoms with Gasteiger partial charge in [-0.1, -0.05) is 19.1 Å². The van der Waals surface area contributed by atoms with Gasteiger partial charge in [-0.3, -0.25) is 0 Å². The van der Waals surface area contributed by atoms with Crippen LogP contribution in [0.25, 0.3) is 0 Å². The highest BCUT2D eigenvalue weighted by Gasteiger charge is 2.43. The van der Waals surface area contributed by atoms with Crippen LogP contribution < -0.4 is 5.32 Å². The molecule has 2 nitrogen and oxygen atoms in total. The molecule has 2 saturated heterocycles. The van der Waals surface area contributed by atoms with E-state index in [0.29, 0.717) is 11.3 Å². The van der Waals surface area contributed by atoms with E-state index in [-0.39, 0.29) is 5.82 Å². The van der Waals surface area contributed by atoms with Crippen LogP contribution in [0.4, 0.5) is 4.39 Å². The van der Waals surface area contributed by atoms with Crippen molar-refractivity contribution in [3.8, 4) is 0 Å². The number of halogens is 1. The molecule has 1 unspecified atom stereocenters. The van der Waals surface area contributed by atoms with E-state index in [0.717, 1.165) is 13.1 Å². The molecule has 2 fully saturated rings. The molecule has 116 valence electrons. The van der Waals surface area contributed by atoms with Crippen molar-refractivity contribution in [1.82, 2.24) is 10.2 Å². The zero-order valence-corrected chi connectivity index (χ0v) is 13.1. The molecule has 1 atom stereocenters. The Morgan fingerprint density at radius 2 is 1.90 bits per heavy atom. The number of hydrogen-bond donors (Lipinski definition) is 1. The average molecular weight is 290 g/mol. The number of nitrogens with one attached hydrogen (secondary N) is 1. The lowest BCUT2D eigenvalue weighted by atomic mass is 9.63. The first-order chi connectivity index (χ1) is 10.2. The fourth-order valence-corrected chi connectivity index (χ4v) is 4.28. The van der Waals surface area contributed by atoms with Crippen LogP contribution in [0.2, 0.25) is 0 Å². The van der Waals surface area contributed by atoms with Gasteiger partial charge in [0.25, 0.3) is 0 Å². The maximum atomic E-state index is 13.2. The molecule has 21 heavy (non-hydrogen) atoms. The smallest absolute Gasteiger partial charge is 0.123 e. The van der Waals surface area contributed by atoms with E-state index in [1.165, 1.54) is 50.9 Å². The highest BCUT2D eigenvalue weighted by molar-refractivity contribution is 5.25. The van der Waals surface area contributed by atoms with Gasteiger partial charge in [0.15, 0.2) is 0 Å². The molecule has 0 saturated carbocycles. The largest absolute Gasteiger partial charge is 0.316 e. The molecular weight excluding hydrogens is 263 g/mol. The van der Waals surface area contributed by atoms with Gasteiger partial charge >= 0.3 is 0 Å². The summed E-state index contributed by atoms with van der Waals surface area (Å²) < 4.78 is 13.2. The van der Waals surface area contributed by atoms with E-state index >= 15 is 0 Å². The third-order valence-corrected chi connectivity index (χ3v) is 5.55. The fourth-order valence-electron chi connectivity index (χ4n) is 4.28. The lowest BCUT2D eigenvalue weighted by Crippen LogP contribution is -2.50. The zero-order chi connectivity index (χ0) is 14.7. The summed E-state index contributed by atoms with van der Waals surface area (Å²) >= 11 is 0. The second kappa shape index (κ2) is 6.45. The number of piperidine rings is 2. The van der Waals surface area contributed by atoms with Crippen molar-refractivity contribution in [2.45, 2.75) is 38.5 Å². The second-order valence-electron chi connectivity index (χ2n) is 6.76. The average Bonchev–Trinajstić information content (AvgIpc) is 2.52. The molecule has 1 N–H and O–H groups in total. The summed E-state index contributed by atoms with van der Waals surface area (Å²) in [5, 5.41) is 3.55. The van der Waals surface area contributed by atoms with Crippen molar-refractivity contribution < 1.29 is 4.39 Å². The first-order valence-corrected chi connectivity index (χ1v) is 8.42. The number of nitrogens with zero attached hydrogens (tertiary/aromatic N) is 1. The molecule has 2 heterocycles. The van der Waals surface area contributed by atoms with Crippen LogP contribution >= 0.6 is 0 Å². The van der Waals surface area contributed by atoms with E-state index in [1.54, 1.807) is 12.1 Å². The van der Waals surface area contributed by atoms with Gasteiger partial charge in [0, 0.05) is 12.5 Å². The van der Waals surface area contributed by atoms with Crippen molar-refractivity contribution in [1.29, 1.82) is 0 Å². The Morgan fingerprint density at radius 3 is 2.57 bits per heavy atom. The van der Waals surface area contributed by atoms with Crippen molar-refractivity contribution in [3.05, 3.63) is 35.6 Å². The van der Waals surface area contributed by atoms with E-state index in [2.05, 4.69) is 17.1 Å². The lowest BCUT2D eigenvalue weighted by Gasteiger charge is -2.49. The third-order valence-electron chi connectivity index (χ3n) is 5.55. The van der Waals surface area contributed by atoms with Crippen molar-refractivity contribution >= 4 is 0 Å². The molecule has 3 heteroatoms. The maximum absolute atomic E-state index is 13.2. The summed E-state index contributed by atoms with van der Waals surface area (Å²) in [6.45, 7) is 8.12. The summed E-state index contributed by atoms with van der Waals surface area (Å²) in [6.07, 6.45) is 5.08. The summed E-state index contributed by atoms with van der Waals surface area (Å²) in [5.74, 6) is 0.407. The van der Waals surface area contributed by atoms with Gasteiger partial charge in [0.1, 0.15) is 5.82 Å². The van der Waals surface area contributed by atoms with Crippen LogP contribution in [-0.4, -0.2) is 37.6 Å². The highest BCUT2D eigenvalue weighted by Crippen LogP contribution is 2.48. The van der Waals surface area contributed by atoms with Gasteiger partial charge in [-0.05, 0) is 75.0 Å².